The number of fused-ring (bicyclic) bond motifs is 1. The molecule has 1 unspecified atom stereocenters. The molecule has 0 bridgehead atoms. The topological polar surface area (TPSA) is 9.23 Å². The molecule has 1 aromatic carbocycles. The molecule has 0 aliphatic heterocycles. The second-order valence-electron chi connectivity index (χ2n) is 7.84. The highest BCUT2D eigenvalue weighted by Crippen LogP contribution is 2.36. The Morgan fingerprint density at radius 1 is 0.870 bits per heavy atom. The molecule has 2 aliphatic carbocycles. The Labute approximate surface area is 142 Å². The first-order valence-electron chi connectivity index (χ1n) is 10.0. The maximum Gasteiger partial charge on any atom is 0.119 e. The molecule has 1 nitrogen and oxygen atoms in total. The van der Waals surface area contributed by atoms with Crippen molar-refractivity contribution >= 4 is 0 Å². The number of ether oxygens (including phenoxy) is 1. The first-order chi connectivity index (χ1) is 11.3. The van der Waals surface area contributed by atoms with Gasteiger partial charge in [-0.2, -0.15) is 0 Å². The maximum absolute atomic E-state index is 5.64. The maximum atomic E-state index is 5.64. The molecule has 1 heteroatoms. The Balaban J connectivity index is 1.46. The Bertz CT molecular complexity index is 485. The van der Waals surface area contributed by atoms with Gasteiger partial charge in [0.25, 0.3) is 0 Å². The third-order valence-electron chi connectivity index (χ3n) is 6.35. The van der Waals surface area contributed by atoms with Crippen molar-refractivity contribution in [3.05, 3.63) is 29.3 Å². The molecular weight excluding hydrogens is 280 g/mol. The van der Waals surface area contributed by atoms with E-state index in [0.717, 1.165) is 30.1 Å². The van der Waals surface area contributed by atoms with Crippen molar-refractivity contribution in [3.63, 3.8) is 0 Å². The summed E-state index contributed by atoms with van der Waals surface area (Å²) in [6.07, 6.45) is 14.3. The van der Waals surface area contributed by atoms with Gasteiger partial charge in [-0.3, -0.25) is 0 Å². The molecule has 1 atom stereocenters. The molecular formula is C22H34O. The molecule has 0 aromatic heterocycles. The van der Waals surface area contributed by atoms with Gasteiger partial charge in [-0.25, -0.2) is 0 Å². The van der Waals surface area contributed by atoms with E-state index in [0.29, 0.717) is 0 Å². The second-order valence-corrected chi connectivity index (χ2v) is 7.84. The van der Waals surface area contributed by atoms with Gasteiger partial charge < -0.3 is 4.74 Å². The third kappa shape index (κ3) is 4.52. The van der Waals surface area contributed by atoms with Gasteiger partial charge >= 0.3 is 0 Å². The van der Waals surface area contributed by atoms with Gasteiger partial charge in [0, 0.05) is 0 Å². The summed E-state index contributed by atoms with van der Waals surface area (Å²) in [5.41, 5.74) is 3.12. The van der Waals surface area contributed by atoms with Crippen molar-refractivity contribution < 1.29 is 4.74 Å². The van der Waals surface area contributed by atoms with Crippen LogP contribution in [0.2, 0.25) is 0 Å². The Morgan fingerprint density at radius 3 is 2.35 bits per heavy atom. The van der Waals surface area contributed by atoms with Crippen molar-refractivity contribution in [2.75, 3.05) is 6.61 Å². The van der Waals surface area contributed by atoms with E-state index in [1.165, 1.54) is 69.8 Å². The van der Waals surface area contributed by atoms with Crippen molar-refractivity contribution in [1.29, 1.82) is 0 Å². The largest absolute Gasteiger partial charge is 0.494 e. The zero-order valence-corrected chi connectivity index (χ0v) is 15.2. The molecule has 1 aromatic rings. The van der Waals surface area contributed by atoms with E-state index in [9.17, 15) is 0 Å². The van der Waals surface area contributed by atoms with Gasteiger partial charge in [0.2, 0.25) is 0 Å². The SMILES string of the molecule is CCOc1ccc2c(c1)CCC(CCC1CCC(CC)CC1)C2. The monoisotopic (exact) mass is 314 g/mol. The van der Waals surface area contributed by atoms with Gasteiger partial charge in [0.1, 0.15) is 5.75 Å². The third-order valence-corrected chi connectivity index (χ3v) is 6.35. The van der Waals surface area contributed by atoms with Crippen LogP contribution in [-0.2, 0) is 12.8 Å². The minimum atomic E-state index is 0.766. The molecule has 1 fully saturated rings. The van der Waals surface area contributed by atoms with Crippen LogP contribution in [0.1, 0.15) is 76.3 Å². The number of hydrogen-bond acceptors (Lipinski definition) is 1. The zero-order valence-electron chi connectivity index (χ0n) is 15.2. The van der Waals surface area contributed by atoms with Crippen LogP contribution in [0.4, 0.5) is 0 Å². The summed E-state index contributed by atoms with van der Waals surface area (Å²) in [5, 5.41) is 0. The van der Waals surface area contributed by atoms with Gasteiger partial charge in [-0.15, -0.1) is 0 Å². The number of benzene rings is 1. The van der Waals surface area contributed by atoms with Crippen LogP contribution >= 0.6 is 0 Å². The Hall–Kier alpha value is -0.980. The van der Waals surface area contributed by atoms with Crippen molar-refractivity contribution in [2.24, 2.45) is 17.8 Å². The highest BCUT2D eigenvalue weighted by atomic mass is 16.5. The highest BCUT2D eigenvalue weighted by molar-refractivity contribution is 5.37. The highest BCUT2D eigenvalue weighted by Gasteiger charge is 2.23. The molecule has 23 heavy (non-hydrogen) atoms. The fourth-order valence-electron chi connectivity index (χ4n) is 4.71. The number of aryl methyl sites for hydroxylation is 1. The molecule has 2 aliphatic rings. The average molecular weight is 315 g/mol. The summed E-state index contributed by atoms with van der Waals surface area (Å²) < 4.78 is 5.64. The van der Waals surface area contributed by atoms with Gasteiger partial charge in [0.15, 0.2) is 0 Å². The molecule has 1 saturated carbocycles. The normalized spacial score (nSPS) is 27.5. The van der Waals surface area contributed by atoms with Gasteiger partial charge in [-0.05, 0) is 73.6 Å². The summed E-state index contributed by atoms with van der Waals surface area (Å²) in [4.78, 5) is 0. The van der Waals surface area contributed by atoms with Crippen molar-refractivity contribution in [2.45, 2.75) is 78.1 Å². The summed E-state index contributed by atoms with van der Waals surface area (Å²) in [6.45, 7) is 5.19. The fraction of sp³-hybridized carbons (Fsp3) is 0.727. The van der Waals surface area contributed by atoms with E-state index in [-0.39, 0.29) is 0 Å². The van der Waals surface area contributed by atoms with Crippen LogP contribution in [0.5, 0.6) is 5.75 Å². The molecule has 0 spiro atoms. The standard InChI is InChI=1S/C22H34O/c1-3-17-5-7-18(8-6-17)9-10-19-11-12-21-16-22(23-4-2)14-13-20(21)15-19/h13-14,16-19H,3-12,15H2,1-2H3. The predicted octanol–water partition coefficient (Wildman–Crippen LogP) is 6.19. The van der Waals surface area contributed by atoms with Gasteiger partial charge in [0.05, 0.1) is 6.61 Å². The fourth-order valence-corrected chi connectivity index (χ4v) is 4.71. The van der Waals surface area contributed by atoms with Crippen LogP contribution in [-0.4, -0.2) is 6.61 Å². The number of rotatable bonds is 6. The summed E-state index contributed by atoms with van der Waals surface area (Å²) in [6, 6.07) is 6.76. The summed E-state index contributed by atoms with van der Waals surface area (Å²) in [7, 11) is 0. The lowest BCUT2D eigenvalue weighted by atomic mass is 9.76. The predicted molar refractivity (Wildman–Crippen MR) is 98.1 cm³/mol. The van der Waals surface area contributed by atoms with Crippen LogP contribution in [0.15, 0.2) is 18.2 Å². The summed E-state index contributed by atoms with van der Waals surface area (Å²) >= 11 is 0. The molecule has 0 amide bonds. The quantitative estimate of drug-likeness (QED) is 0.608. The molecule has 0 heterocycles. The van der Waals surface area contributed by atoms with E-state index in [4.69, 9.17) is 4.74 Å². The summed E-state index contributed by atoms with van der Waals surface area (Å²) in [5.74, 6) is 4.04. The van der Waals surface area contributed by atoms with Crippen molar-refractivity contribution in [1.82, 2.24) is 0 Å². The zero-order chi connectivity index (χ0) is 16.1. The minimum Gasteiger partial charge on any atom is -0.494 e. The van der Waals surface area contributed by atoms with Gasteiger partial charge in [-0.1, -0.05) is 51.5 Å². The van der Waals surface area contributed by atoms with E-state index in [2.05, 4.69) is 32.0 Å². The Morgan fingerprint density at radius 2 is 1.61 bits per heavy atom. The first kappa shape index (κ1) is 16.9. The van der Waals surface area contributed by atoms with Crippen LogP contribution in [0, 0.1) is 17.8 Å². The lowest BCUT2D eigenvalue weighted by Crippen LogP contribution is -2.18. The second kappa shape index (κ2) is 8.22. The lowest BCUT2D eigenvalue weighted by Gasteiger charge is -2.30. The Kier molecular flexibility index (Phi) is 6.02. The number of hydrogen-bond donors (Lipinski definition) is 0. The molecule has 0 N–H and O–H groups in total. The van der Waals surface area contributed by atoms with E-state index in [1.54, 1.807) is 5.56 Å². The van der Waals surface area contributed by atoms with E-state index >= 15 is 0 Å². The minimum absolute atomic E-state index is 0.766. The smallest absolute Gasteiger partial charge is 0.119 e. The average Bonchev–Trinajstić information content (AvgIpc) is 2.60. The van der Waals surface area contributed by atoms with Crippen LogP contribution < -0.4 is 4.74 Å². The van der Waals surface area contributed by atoms with Crippen LogP contribution in [0.3, 0.4) is 0 Å². The molecule has 128 valence electrons. The van der Waals surface area contributed by atoms with Crippen molar-refractivity contribution in [3.8, 4) is 5.75 Å². The molecule has 3 rings (SSSR count). The first-order valence-corrected chi connectivity index (χ1v) is 10.0. The molecule has 0 radical (unpaired) electrons. The van der Waals surface area contributed by atoms with E-state index in [1.807, 2.05) is 0 Å². The van der Waals surface area contributed by atoms with E-state index < -0.39 is 0 Å². The lowest BCUT2D eigenvalue weighted by molar-refractivity contribution is 0.241. The van der Waals surface area contributed by atoms with Crippen LogP contribution in [0.25, 0.3) is 0 Å². The molecule has 0 saturated heterocycles.